The molecule has 0 aromatic heterocycles. The van der Waals surface area contributed by atoms with Gasteiger partial charge in [-0.15, -0.1) is 0 Å². The molecule has 2 heterocycles. The smallest absolute Gasteiger partial charge is 0.159 e. The molecule has 5 nitrogen and oxygen atoms in total. The van der Waals surface area contributed by atoms with Gasteiger partial charge in [-0.1, -0.05) is 11.8 Å². The van der Waals surface area contributed by atoms with Crippen LogP contribution in [0.2, 0.25) is 0 Å². The summed E-state index contributed by atoms with van der Waals surface area (Å²) in [6.45, 7) is -1.09. The van der Waals surface area contributed by atoms with E-state index in [9.17, 15) is 19.0 Å². The van der Waals surface area contributed by atoms with Gasteiger partial charge in [-0.25, -0.2) is 8.78 Å². The number of fused-ring (bicyclic) bond motifs is 1. The molecule has 1 saturated heterocycles. The highest BCUT2D eigenvalue weighted by Crippen LogP contribution is 2.37. The van der Waals surface area contributed by atoms with Crippen LogP contribution in [0.5, 0.6) is 0 Å². The Hall–Kier alpha value is -0.440. The third-order valence-electron chi connectivity index (χ3n) is 2.80. The van der Waals surface area contributed by atoms with Crippen molar-refractivity contribution >= 4 is 16.9 Å². The number of ether oxygens (including phenoxy) is 1. The number of nitrogens with one attached hydrogen (secondary N) is 1. The fourth-order valence-electron chi connectivity index (χ4n) is 1.88. The standard InChI is InChI=1S/C9H14F2N2O3S/c1-12-9-13-5-4(11)6(15)7(3(14)2-10)16-8(5)17-9/h3-8,14-15H,2H2,1H3,(H,12,13)/t3-,4-,5+,6-,7+,8+/m0/s1. The van der Waals surface area contributed by atoms with Gasteiger partial charge in [-0.05, 0) is 0 Å². The van der Waals surface area contributed by atoms with Crippen LogP contribution in [0.1, 0.15) is 0 Å². The fraction of sp³-hybridized carbons (Fsp3) is 0.889. The van der Waals surface area contributed by atoms with Crippen LogP contribution in [0.15, 0.2) is 4.99 Å². The van der Waals surface area contributed by atoms with Crippen molar-refractivity contribution in [2.45, 2.75) is 36.0 Å². The summed E-state index contributed by atoms with van der Waals surface area (Å²) in [6.07, 6.45) is -6.01. The number of halogens is 2. The fourth-order valence-corrected chi connectivity index (χ4v) is 2.94. The van der Waals surface area contributed by atoms with E-state index in [1.54, 1.807) is 7.05 Å². The van der Waals surface area contributed by atoms with Crippen LogP contribution in [0.3, 0.4) is 0 Å². The summed E-state index contributed by atoms with van der Waals surface area (Å²) >= 11 is 1.16. The summed E-state index contributed by atoms with van der Waals surface area (Å²) in [5.41, 5.74) is -0.637. The number of aliphatic hydroxyl groups is 2. The number of aliphatic imine (C=N–C) groups is 1. The summed E-state index contributed by atoms with van der Waals surface area (Å²) in [7, 11) is 1.64. The van der Waals surface area contributed by atoms with Gasteiger partial charge in [0.25, 0.3) is 0 Å². The SMILES string of the molecule is CNC1=N[C@@H]2[C@H](F)[C@H](O)[C@@H]([C@@H](O)CF)O[C@@H]2S1. The van der Waals surface area contributed by atoms with Crippen LogP contribution >= 0.6 is 11.8 Å². The monoisotopic (exact) mass is 268 g/mol. The first-order valence-electron chi connectivity index (χ1n) is 5.22. The second kappa shape index (κ2) is 5.05. The highest BCUT2D eigenvalue weighted by atomic mass is 32.2. The number of nitrogens with zero attached hydrogens (tertiary/aromatic N) is 1. The zero-order valence-electron chi connectivity index (χ0n) is 9.09. The average molecular weight is 268 g/mol. The Labute approximate surface area is 101 Å². The Kier molecular flexibility index (Phi) is 3.86. The first kappa shape index (κ1) is 13.0. The van der Waals surface area contributed by atoms with Crippen LogP contribution < -0.4 is 5.32 Å². The first-order valence-corrected chi connectivity index (χ1v) is 6.10. The molecule has 0 bridgehead atoms. The summed E-state index contributed by atoms with van der Waals surface area (Å²) in [5.74, 6) is 0. The molecule has 0 saturated carbocycles. The highest BCUT2D eigenvalue weighted by molar-refractivity contribution is 8.14. The molecule has 2 aliphatic rings. The Morgan fingerprint density at radius 2 is 2.35 bits per heavy atom. The normalized spacial score (nSPS) is 42.9. The van der Waals surface area contributed by atoms with E-state index >= 15 is 0 Å². The maximum Gasteiger partial charge on any atom is 0.159 e. The Morgan fingerprint density at radius 1 is 1.65 bits per heavy atom. The van der Waals surface area contributed by atoms with Crippen molar-refractivity contribution < 1.29 is 23.7 Å². The molecule has 8 heteroatoms. The van der Waals surface area contributed by atoms with Crippen LogP contribution in [-0.2, 0) is 4.74 Å². The zero-order chi connectivity index (χ0) is 12.6. The minimum atomic E-state index is -1.67. The highest BCUT2D eigenvalue weighted by Gasteiger charge is 2.51. The van der Waals surface area contributed by atoms with Gasteiger partial charge in [-0.3, -0.25) is 4.99 Å². The van der Waals surface area contributed by atoms with Gasteiger partial charge in [0.15, 0.2) is 11.3 Å². The maximum absolute atomic E-state index is 13.9. The van der Waals surface area contributed by atoms with E-state index in [-0.39, 0.29) is 0 Å². The van der Waals surface area contributed by atoms with E-state index < -0.39 is 42.6 Å². The van der Waals surface area contributed by atoms with Crippen molar-refractivity contribution in [1.29, 1.82) is 0 Å². The third-order valence-corrected chi connectivity index (χ3v) is 3.96. The minimum absolute atomic E-state index is 0.505. The molecule has 0 aliphatic carbocycles. The molecule has 0 aromatic rings. The van der Waals surface area contributed by atoms with Crippen molar-refractivity contribution in [3.8, 4) is 0 Å². The molecule has 2 rings (SSSR count). The molecule has 17 heavy (non-hydrogen) atoms. The molecule has 6 atom stereocenters. The zero-order valence-corrected chi connectivity index (χ0v) is 9.90. The molecular formula is C9H14F2N2O3S. The summed E-state index contributed by atoms with van der Waals surface area (Å²) in [6, 6.07) is -0.819. The van der Waals surface area contributed by atoms with E-state index in [1.165, 1.54) is 0 Å². The van der Waals surface area contributed by atoms with Gasteiger partial charge in [-0.2, -0.15) is 0 Å². The Morgan fingerprint density at radius 3 is 2.94 bits per heavy atom. The number of amidine groups is 1. The lowest BCUT2D eigenvalue weighted by atomic mass is 9.96. The average Bonchev–Trinajstić information content (AvgIpc) is 2.76. The molecule has 0 unspecified atom stereocenters. The van der Waals surface area contributed by atoms with E-state index in [2.05, 4.69) is 10.3 Å². The molecule has 0 spiro atoms. The second-order valence-corrected chi connectivity index (χ2v) is 5.01. The maximum atomic E-state index is 13.9. The largest absolute Gasteiger partial charge is 0.388 e. The van der Waals surface area contributed by atoms with Crippen LogP contribution in [0.25, 0.3) is 0 Å². The van der Waals surface area contributed by atoms with Crippen molar-refractivity contribution in [3.63, 3.8) is 0 Å². The van der Waals surface area contributed by atoms with Crippen LogP contribution in [-0.4, -0.2) is 65.1 Å². The van der Waals surface area contributed by atoms with Gasteiger partial charge >= 0.3 is 0 Å². The van der Waals surface area contributed by atoms with E-state index in [0.717, 1.165) is 11.8 Å². The molecule has 0 aromatic carbocycles. The topological polar surface area (TPSA) is 74.1 Å². The predicted octanol–water partition coefficient (Wildman–Crippen LogP) is -0.569. The van der Waals surface area contributed by atoms with E-state index in [0.29, 0.717) is 5.17 Å². The van der Waals surface area contributed by atoms with E-state index in [4.69, 9.17) is 4.74 Å². The molecular weight excluding hydrogens is 254 g/mol. The summed E-state index contributed by atoms with van der Waals surface area (Å²) in [5, 5.41) is 22.2. The van der Waals surface area contributed by atoms with Crippen molar-refractivity contribution in [3.05, 3.63) is 0 Å². The number of alkyl halides is 2. The number of thioether (sulfide) groups is 1. The number of hydrogen-bond acceptors (Lipinski definition) is 6. The first-order chi connectivity index (χ1) is 8.08. The van der Waals surface area contributed by atoms with Crippen molar-refractivity contribution in [2.24, 2.45) is 4.99 Å². The van der Waals surface area contributed by atoms with Gasteiger partial charge in [0, 0.05) is 7.05 Å². The lowest BCUT2D eigenvalue weighted by Crippen LogP contribution is -2.57. The molecule has 2 aliphatic heterocycles. The van der Waals surface area contributed by atoms with Gasteiger partial charge in [0.05, 0.1) is 0 Å². The van der Waals surface area contributed by atoms with Gasteiger partial charge < -0.3 is 20.3 Å². The summed E-state index contributed by atoms with van der Waals surface area (Å²) < 4.78 is 31.5. The van der Waals surface area contributed by atoms with Crippen molar-refractivity contribution in [2.75, 3.05) is 13.7 Å². The minimum Gasteiger partial charge on any atom is -0.388 e. The Balaban J connectivity index is 2.12. The van der Waals surface area contributed by atoms with Crippen LogP contribution in [0.4, 0.5) is 8.78 Å². The quantitative estimate of drug-likeness (QED) is 0.625. The van der Waals surface area contributed by atoms with Gasteiger partial charge in [0.1, 0.15) is 36.5 Å². The molecule has 1 fully saturated rings. The molecule has 3 N–H and O–H groups in total. The number of rotatable bonds is 2. The summed E-state index contributed by atoms with van der Waals surface area (Å²) in [4.78, 5) is 4.01. The number of hydrogen-bond donors (Lipinski definition) is 3. The molecule has 0 radical (unpaired) electrons. The Bertz CT molecular complexity index is 321. The molecule has 0 amide bonds. The lowest BCUT2D eigenvalue weighted by molar-refractivity contribution is -0.171. The van der Waals surface area contributed by atoms with Gasteiger partial charge in [0.2, 0.25) is 0 Å². The van der Waals surface area contributed by atoms with E-state index in [1.807, 2.05) is 0 Å². The van der Waals surface area contributed by atoms with Crippen molar-refractivity contribution in [1.82, 2.24) is 5.32 Å². The predicted molar refractivity (Wildman–Crippen MR) is 59.4 cm³/mol. The molecule has 98 valence electrons. The number of aliphatic hydroxyl groups excluding tert-OH is 2. The third kappa shape index (κ3) is 2.26. The second-order valence-electron chi connectivity index (χ2n) is 3.92. The van der Waals surface area contributed by atoms with Crippen LogP contribution in [0, 0.1) is 0 Å². The lowest BCUT2D eigenvalue weighted by Gasteiger charge is -2.38.